The van der Waals surface area contributed by atoms with Crippen LogP contribution in [-0.4, -0.2) is 31.3 Å². The van der Waals surface area contributed by atoms with E-state index < -0.39 is 0 Å². The summed E-state index contributed by atoms with van der Waals surface area (Å²) in [6.45, 7) is 0.288. The molecule has 1 aromatic heterocycles. The number of hydrogen-bond acceptors (Lipinski definition) is 6. The molecule has 6 nitrogen and oxygen atoms in total. The van der Waals surface area contributed by atoms with Gasteiger partial charge in [-0.25, -0.2) is 9.97 Å². The SMILES string of the molecule is COCc1nc(Cl)cc(Nc2cc(OC)cc(OC)c2)n1. The van der Waals surface area contributed by atoms with Crippen LogP contribution in [0.4, 0.5) is 11.5 Å². The van der Waals surface area contributed by atoms with Gasteiger partial charge in [-0.3, -0.25) is 0 Å². The molecule has 0 fully saturated rings. The van der Waals surface area contributed by atoms with E-state index >= 15 is 0 Å². The maximum absolute atomic E-state index is 5.97. The third-order valence-corrected chi connectivity index (χ3v) is 2.83. The maximum atomic E-state index is 5.97. The van der Waals surface area contributed by atoms with Crippen LogP contribution in [-0.2, 0) is 11.3 Å². The first-order valence-corrected chi connectivity index (χ1v) is 6.55. The van der Waals surface area contributed by atoms with Gasteiger partial charge in [-0.1, -0.05) is 11.6 Å². The lowest BCUT2D eigenvalue weighted by molar-refractivity contribution is 0.178. The molecule has 0 aliphatic rings. The van der Waals surface area contributed by atoms with Gasteiger partial charge in [-0.05, 0) is 0 Å². The van der Waals surface area contributed by atoms with Gasteiger partial charge in [0.05, 0.1) is 14.2 Å². The number of rotatable bonds is 6. The summed E-state index contributed by atoms with van der Waals surface area (Å²) in [4.78, 5) is 8.39. The van der Waals surface area contributed by atoms with E-state index in [0.717, 1.165) is 5.69 Å². The molecule has 0 amide bonds. The quantitative estimate of drug-likeness (QED) is 0.827. The molecule has 7 heteroatoms. The molecule has 0 saturated carbocycles. The predicted molar refractivity (Wildman–Crippen MR) is 80.6 cm³/mol. The Morgan fingerprint density at radius 1 is 1.00 bits per heavy atom. The molecule has 0 aliphatic carbocycles. The third-order valence-electron chi connectivity index (χ3n) is 2.64. The van der Waals surface area contributed by atoms with Crippen molar-refractivity contribution >= 4 is 23.1 Å². The molecule has 0 radical (unpaired) electrons. The topological polar surface area (TPSA) is 65.5 Å². The van der Waals surface area contributed by atoms with E-state index in [1.165, 1.54) is 0 Å². The Hall–Kier alpha value is -2.05. The van der Waals surface area contributed by atoms with Gasteiger partial charge in [0, 0.05) is 37.1 Å². The average Bonchev–Trinajstić information content (AvgIpc) is 2.46. The van der Waals surface area contributed by atoms with Gasteiger partial charge < -0.3 is 19.5 Å². The first-order valence-electron chi connectivity index (χ1n) is 6.17. The second-order valence-corrected chi connectivity index (χ2v) is 4.54. The van der Waals surface area contributed by atoms with Crippen LogP contribution < -0.4 is 14.8 Å². The predicted octanol–water partition coefficient (Wildman–Crippen LogP) is 3.04. The van der Waals surface area contributed by atoms with Crippen molar-refractivity contribution in [1.29, 1.82) is 0 Å². The number of benzene rings is 1. The summed E-state index contributed by atoms with van der Waals surface area (Å²) in [5.74, 6) is 2.42. The highest BCUT2D eigenvalue weighted by Crippen LogP contribution is 2.28. The summed E-state index contributed by atoms with van der Waals surface area (Å²) in [6, 6.07) is 7.07. The van der Waals surface area contributed by atoms with Gasteiger partial charge in [0.25, 0.3) is 0 Å². The van der Waals surface area contributed by atoms with E-state index in [0.29, 0.717) is 28.3 Å². The Balaban J connectivity index is 2.28. The van der Waals surface area contributed by atoms with Crippen molar-refractivity contribution in [1.82, 2.24) is 9.97 Å². The monoisotopic (exact) mass is 309 g/mol. The summed E-state index contributed by atoms with van der Waals surface area (Å²) in [5.41, 5.74) is 0.768. The zero-order valence-corrected chi connectivity index (χ0v) is 12.8. The molecule has 112 valence electrons. The first-order chi connectivity index (χ1) is 10.1. The van der Waals surface area contributed by atoms with Crippen molar-refractivity contribution in [3.8, 4) is 11.5 Å². The van der Waals surface area contributed by atoms with Crippen molar-refractivity contribution in [2.75, 3.05) is 26.6 Å². The van der Waals surface area contributed by atoms with Crippen molar-refractivity contribution in [3.63, 3.8) is 0 Å². The standard InChI is InChI=1S/C14H16ClN3O3/c1-19-8-14-17-12(15)7-13(18-14)16-9-4-10(20-2)6-11(5-9)21-3/h4-7H,8H2,1-3H3,(H,16,17,18). The number of ether oxygens (including phenoxy) is 3. The van der Waals surface area contributed by atoms with Gasteiger partial charge in [0.15, 0.2) is 5.82 Å². The Morgan fingerprint density at radius 3 is 2.24 bits per heavy atom. The normalized spacial score (nSPS) is 10.3. The number of hydrogen-bond donors (Lipinski definition) is 1. The van der Waals surface area contributed by atoms with Crippen molar-refractivity contribution in [2.45, 2.75) is 6.61 Å². The lowest BCUT2D eigenvalue weighted by Crippen LogP contribution is -2.02. The molecule has 2 aromatic rings. The molecule has 1 aromatic carbocycles. The minimum Gasteiger partial charge on any atom is -0.497 e. The van der Waals surface area contributed by atoms with E-state index in [-0.39, 0.29) is 6.61 Å². The van der Waals surface area contributed by atoms with Crippen LogP contribution in [0.3, 0.4) is 0 Å². The molecule has 0 unspecified atom stereocenters. The molecule has 1 N–H and O–H groups in total. The lowest BCUT2D eigenvalue weighted by atomic mass is 10.2. The molecule has 2 rings (SSSR count). The number of methoxy groups -OCH3 is 3. The Labute approximate surface area is 128 Å². The molecule has 0 spiro atoms. The van der Waals surface area contributed by atoms with Crippen LogP contribution in [0, 0.1) is 0 Å². The molecule has 0 aliphatic heterocycles. The van der Waals surface area contributed by atoms with Crippen LogP contribution in [0.2, 0.25) is 5.15 Å². The number of anilines is 2. The highest BCUT2D eigenvalue weighted by molar-refractivity contribution is 6.29. The van der Waals surface area contributed by atoms with Crippen molar-refractivity contribution in [3.05, 3.63) is 35.2 Å². The zero-order valence-electron chi connectivity index (χ0n) is 12.0. The Bertz CT molecular complexity index is 600. The van der Waals surface area contributed by atoms with Crippen molar-refractivity contribution < 1.29 is 14.2 Å². The molecule has 1 heterocycles. The largest absolute Gasteiger partial charge is 0.497 e. The molecular weight excluding hydrogens is 294 g/mol. The summed E-state index contributed by atoms with van der Waals surface area (Å²) in [6.07, 6.45) is 0. The summed E-state index contributed by atoms with van der Waals surface area (Å²) in [5, 5.41) is 3.48. The highest BCUT2D eigenvalue weighted by atomic mass is 35.5. The number of nitrogens with zero attached hydrogens (tertiary/aromatic N) is 2. The first kappa shape index (κ1) is 15.3. The Morgan fingerprint density at radius 2 is 1.67 bits per heavy atom. The van der Waals surface area contributed by atoms with Gasteiger partial charge in [0.2, 0.25) is 0 Å². The third kappa shape index (κ3) is 4.21. The second kappa shape index (κ2) is 7.10. The molecule has 0 saturated heterocycles. The fourth-order valence-corrected chi connectivity index (χ4v) is 1.95. The van der Waals surface area contributed by atoms with Gasteiger partial charge in [-0.2, -0.15) is 0 Å². The number of halogens is 1. The Kier molecular flexibility index (Phi) is 5.19. The number of aromatic nitrogens is 2. The fraction of sp³-hybridized carbons (Fsp3) is 0.286. The second-order valence-electron chi connectivity index (χ2n) is 4.15. The molecular formula is C14H16ClN3O3. The molecule has 0 bridgehead atoms. The van der Waals surface area contributed by atoms with E-state index in [9.17, 15) is 0 Å². The summed E-state index contributed by atoms with van der Waals surface area (Å²) < 4.78 is 15.5. The van der Waals surface area contributed by atoms with Crippen molar-refractivity contribution in [2.24, 2.45) is 0 Å². The van der Waals surface area contributed by atoms with E-state index in [1.54, 1.807) is 33.5 Å². The van der Waals surface area contributed by atoms with Crippen LogP contribution in [0.25, 0.3) is 0 Å². The van der Waals surface area contributed by atoms with E-state index in [1.807, 2.05) is 12.1 Å². The summed E-state index contributed by atoms with van der Waals surface area (Å²) in [7, 11) is 4.76. The maximum Gasteiger partial charge on any atom is 0.158 e. The van der Waals surface area contributed by atoms with Crippen LogP contribution in [0.15, 0.2) is 24.3 Å². The average molecular weight is 310 g/mol. The molecule has 0 atom stereocenters. The van der Waals surface area contributed by atoms with Crippen LogP contribution in [0.5, 0.6) is 11.5 Å². The summed E-state index contributed by atoms with van der Waals surface area (Å²) >= 11 is 5.97. The van der Waals surface area contributed by atoms with Gasteiger partial charge in [0.1, 0.15) is 29.1 Å². The van der Waals surface area contributed by atoms with Gasteiger partial charge in [-0.15, -0.1) is 0 Å². The van der Waals surface area contributed by atoms with E-state index in [4.69, 9.17) is 25.8 Å². The zero-order chi connectivity index (χ0) is 15.2. The van der Waals surface area contributed by atoms with E-state index in [2.05, 4.69) is 15.3 Å². The van der Waals surface area contributed by atoms with Crippen LogP contribution >= 0.6 is 11.6 Å². The molecule has 21 heavy (non-hydrogen) atoms. The highest BCUT2D eigenvalue weighted by Gasteiger charge is 2.06. The number of nitrogens with one attached hydrogen (secondary N) is 1. The minimum absolute atomic E-state index is 0.288. The van der Waals surface area contributed by atoms with Gasteiger partial charge >= 0.3 is 0 Å². The van der Waals surface area contributed by atoms with Crippen LogP contribution in [0.1, 0.15) is 5.82 Å². The smallest absolute Gasteiger partial charge is 0.158 e. The lowest BCUT2D eigenvalue weighted by Gasteiger charge is -2.11. The fourth-order valence-electron chi connectivity index (χ4n) is 1.75. The minimum atomic E-state index is 0.288.